The third-order valence-corrected chi connectivity index (χ3v) is 5.00. The Morgan fingerprint density at radius 3 is 2.25 bits per heavy atom. The van der Waals surface area contributed by atoms with Gasteiger partial charge in [0.15, 0.2) is 11.5 Å². The fraction of sp³-hybridized carbons (Fsp3) is 0.333. The lowest BCUT2D eigenvalue weighted by molar-refractivity contribution is 0.321. The highest BCUT2D eigenvalue weighted by Crippen LogP contribution is 2.39. The largest absolute Gasteiger partial charge is 0.493 e. The number of rotatable bonds is 9. The van der Waals surface area contributed by atoms with Crippen LogP contribution in [0.2, 0.25) is 0 Å². The van der Waals surface area contributed by atoms with E-state index in [0.717, 1.165) is 22.3 Å². The Hall–Kier alpha value is -1.37. The third kappa shape index (κ3) is 5.06. The van der Waals surface area contributed by atoms with E-state index in [1.165, 1.54) is 4.90 Å². The van der Waals surface area contributed by atoms with Crippen molar-refractivity contribution < 1.29 is 14.2 Å². The van der Waals surface area contributed by atoms with Gasteiger partial charge in [0.25, 0.3) is 0 Å². The summed E-state index contributed by atoms with van der Waals surface area (Å²) in [5.41, 5.74) is 1.05. The minimum absolute atomic E-state index is 0.628. The number of ether oxygens (including phenoxy) is 3. The van der Waals surface area contributed by atoms with Gasteiger partial charge in [-0.05, 0) is 30.3 Å². The summed E-state index contributed by atoms with van der Waals surface area (Å²) in [5.74, 6) is 3.01. The van der Waals surface area contributed by atoms with E-state index in [1.54, 1.807) is 21.3 Å². The summed E-state index contributed by atoms with van der Waals surface area (Å²) in [6.07, 6.45) is 0. The van der Waals surface area contributed by atoms with Crippen molar-refractivity contribution in [2.45, 2.75) is 11.4 Å². The molecule has 2 aromatic carbocycles. The van der Waals surface area contributed by atoms with Crippen molar-refractivity contribution in [2.75, 3.05) is 33.6 Å². The van der Waals surface area contributed by atoms with Crippen LogP contribution in [-0.2, 0) is 6.54 Å². The van der Waals surface area contributed by atoms with Crippen LogP contribution in [0, 0.1) is 0 Å². The zero-order valence-corrected chi connectivity index (χ0v) is 16.5. The molecule has 0 unspecified atom stereocenters. The summed E-state index contributed by atoms with van der Waals surface area (Å²) in [5, 5.41) is 3.44. The highest BCUT2D eigenvalue weighted by molar-refractivity contribution is 9.10. The second kappa shape index (κ2) is 9.81. The summed E-state index contributed by atoms with van der Waals surface area (Å²) in [6, 6.07) is 12.2. The van der Waals surface area contributed by atoms with Crippen LogP contribution in [0.15, 0.2) is 45.8 Å². The number of halogens is 1. The first-order valence-corrected chi connectivity index (χ1v) is 9.34. The smallest absolute Gasteiger partial charge is 0.203 e. The Kier molecular flexibility index (Phi) is 7.75. The standard InChI is InChI=1S/C18H22BrNO3S/c1-21-16-9-4-13(17(22-2)18(16)23-3)12-20-10-11-24-15-7-5-14(19)6-8-15/h4-9,20H,10-12H2,1-3H3. The maximum Gasteiger partial charge on any atom is 0.203 e. The van der Waals surface area contributed by atoms with Crippen molar-refractivity contribution in [3.8, 4) is 17.2 Å². The lowest BCUT2D eigenvalue weighted by Crippen LogP contribution is -2.17. The molecule has 0 aromatic heterocycles. The minimum Gasteiger partial charge on any atom is -0.493 e. The maximum atomic E-state index is 5.49. The molecule has 0 aliphatic rings. The summed E-state index contributed by atoms with van der Waals surface area (Å²) in [7, 11) is 4.88. The SMILES string of the molecule is COc1ccc(CNCCSc2ccc(Br)cc2)c(OC)c1OC. The molecule has 6 heteroatoms. The maximum absolute atomic E-state index is 5.49. The molecule has 2 rings (SSSR count). The second-order valence-corrected chi connectivity index (χ2v) is 7.06. The predicted octanol–water partition coefficient (Wildman–Crippen LogP) is 4.36. The van der Waals surface area contributed by atoms with E-state index in [1.807, 2.05) is 23.9 Å². The van der Waals surface area contributed by atoms with E-state index in [0.29, 0.717) is 23.8 Å². The van der Waals surface area contributed by atoms with Crippen LogP contribution in [0.1, 0.15) is 5.56 Å². The first kappa shape index (κ1) is 19.0. The summed E-state index contributed by atoms with van der Waals surface area (Å²) >= 11 is 5.28. The number of benzene rings is 2. The Morgan fingerprint density at radius 2 is 1.62 bits per heavy atom. The number of thioether (sulfide) groups is 1. The Morgan fingerprint density at radius 1 is 0.917 bits per heavy atom. The normalized spacial score (nSPS) is 10.5. The van der Waals surface area contributed by atoms with E-state index in [4.69, 9.17) is 14.2 Å². The van der Waals surface area contributed by atoms with Gasteiger partial charge >= 0.3 is 0 Å². The van der Waals surface area contributed by atoms with Crippen molar-refractivity contribution in [3.63, 3.8) is 0 Å². The van der Waals surface area contributed by atoms with Gasteiger partial charge in [0.2, 0.25) is 5.75 Å². The molecule has 130 valence electrons. The minimum atomic E-state index is 0.628. The Balaban J connectivity index is 1.86. The second-order valence-electron chi connectivity index (χ2n) is 4.97. The molecule has 0 heterocycles. The van der Waals surface area contributed by atoms with Crippen LogP contribution >= 0.6 is 27.7 Å². The first-order chi connectivity index (χ1) is 11.7. The van der Waals surface area contributed by atoms with E-state index in [2.05, 4.69) is 45.5 Å². The summed E-state index contributed by atoms with van der Waals surface area (Å²) in [6.45, 7) is 1.61. The molecule has 0 aliphatic carbocycles. The number of hydrogen-bond donors (Lipinski definition) is 1. The van der Waals surface area contributed by atoms with Gasteiger partial charge < -0.3 is 19.5 Å². The van der Waals surface area contributed by atoms with Gasteiger partial charge in [-0.3, -0.25) is 0 Å². The molecule has 0 aliphatic heterocycles. The van der Waals surface area contributed by atoms with Crippen molar-refractivity contribution in [2.24, 2.45) is 0 Å². The third-order valence-electron chi connectivity index (χ3n) is 3.46. The zero-order valence-electron chi connectivity index (χ0n) is 14.1. The molecule has 0 spiro atoms. The molecule has 0 saturated carbocycles. The molecule has 0 amide bonds. The van der Waals surface area contributed by atoms with Gasteiger partial charge in [-0.15, -0.1) is 11.8 Å². The molecule has 0 radical (unpaired) electrons. The van der Waals surface area contributed by atoms with Crippen molar-refractivity contribution in [1.82, 2.24) is 5.32 Å². The number of hydrogen-bond acceptors (Lipinski definition) is 5. The molecule has 4 nitrogen and oxygen atoms in total. The number of nitrogens with one attached hydrogen (secondary N) is 1. The van der Waals surface area contributed by atoms with Gasteiger partial charge in [0, 0.05) is 33.8 Å². The van der Waals surface area contributed by atoms with Gasteiger partial charge in [-0.2, -0.15) is 0 Å². The fourth-order valence-corrected chi connectivity index (χ4v) is 3.37. The quantitative estimate of drug-likeness (QED) is 0.490. The van der Waals surface area contributed by atoms with E-state index < -0.39 is 0 Å². The average Bonchev–Trinajstić information content (AvgIpc) is 2.62. The average molecular weight is 412 g/mol. The molecule has 0 bridgehead atoms. The van der Waals surface area contributed by atoms with Crippen molar-refractivity contribution in [3.05, 3.63) is 46.4 Å². The highest BCUT2D eigenvalue weighted by atomic mass is 79.9. The van der Waals surface area contributed by atoms with Crippen LogP contribution in [0.4, 0.5) is 0 Å². The molecule has 1 N–H and O–H groups in total. The zero-order chi connectivity index (χ0) is 17.4. The molecule has 24 heavy (non-hydrogen) atoms. The monoisotopic (exact) mass is 411 g/mol. The van der Waals surface area contributed by atoms with Crippen LogP contribution in [0.3, 0.4) is 0 Å². The van der Waals surface area contributed by atoms with Crippen LogP contribution in [-0.4, -0.2) is 33.6 Å². The Bertz CT molecular complexity index is 649. The first-order valence-electron chi connectivity index (χ1n) is 7.56. The number of methoxy groups -OCH3 is 3. The molecule has 0 fully saturated rings. The predicted molar refractivity (Wildman–Crippen MR) is 103 cm³/mol. The molecule has 2 aromatic rings. The van der Waals surface area contributed by atoms with Crippen LogP contribution < -0.4 is 19.5 Å². The highest BCUT2D eigenvalue weighted by Gasteiger charge is 2.15. The fourth-order valence-electron chi connectivity index (χ4n) is 2.30. The van der Waals surface area contributed by atoms with Crippen LogP contribution in [0.25, 0.3) is 0 Å². The summed E-state index contributed by atoms with van der Waals surface area (Å²) in [4.78, 5) is 1.27. The molecule has 0 atom stereocenters. The van der Waals surface area contributed by atoms with Gasteiger partial charge in [0.05, 0.1) is 21.3 Å². The van der Waals surface area contributed by atoms with Gasteiger partial charge in [-0.1, -0.05) is 22.0 Å². The van der Waals surface area contributed by atoms with Gasteiger partial charge in [-0.25, -0.2) is 0 Å². The van der Waals surface area contributed by atoms with Crippen molar-refractivity contribution >= 4 is 27.7 Å². The summed E-state index contributed by atoms with van der Waals surface area (Å²) < 4.78 is 17.3. The molecular formula is C18H22BrNO3S. The van der Waals surface area contributed by atoms with Crippen LogP contribution in [0.5, 0.6) is 17.2 Å². The molecule has 0 saturated heterocycles. The van der Waals surface area contributed by atoms with E-state index in [-0.39, 0.29) is 0 Å². The van der Waals surface area contributed by atoms with E-state index in [9.17, 15) is 0 Å². The Labute approximate surface area is 156 Å². The lowest BCUT2D eigenvalue weighted by atomic mass is 10.1. The topological polar surface area (TPSA) is 39.7 Å². The molecular weight excluding hydrogens is 390 g/mol. The lowest BCUT2D eigenvalue weighted by Gasteiger charge is -2.16. The van der Waals surface area contributed by atoms with Gasteiger partial charge in [0.1, 0.15) is 0 Å². The van der Waals surface area contributed by atoms with E-state index >= 15 is 0 Å². The van der Waals surface area contributed by atoms with Crippen molar-refractivity contribution in [1.29, 1.82) is 0 Å².